The van der Waals surface area contributed by atoms with Gasteiger partial charge in [-0.3, -0.25) is 0 Å². The fourth-order valence-electron chi connectivity index (χ4n) is 6.09. The van der Waals surface area contributed by atoms with Gasteiger partial charge in [0.1, 0.15) is 22.9 Å². The van der Waals surface area contributed by atoms with Crippen molar-refractivity contribution in [2.75, 3.05) is 4.90 Å². The number of nitrogens with zero attached hydrogens (tertiary/aromatic N) is 4. The minimum Gasteiger partial charge on any atom is -0.473 e. The Labute approximate surface area is 363 Å². The summed E-state index contributed by atoms with van der Waals surface area (Å²) in [5, 5.41) is 7.54. The maximum atomic E-state index is 15.4. The highest BCUT2D eigenvalue weighted by Crippen LogP contribution is 2.48. The molecule has 63 heavy (non-hydrogen) atoms. The van der Waals surface area contributed by atoms with Crippen LogP contribution in [0.2, 0.25) is 0 Å². The van der Waals surface area contributed by atoms with Gasteiger partial charge in [-0.2, -0.15) is 31.2 Å². The molecule has 0 N–H and O–H groups in total. The lowest BCUT2D eigenvalue weighted by Gasteiger charge is -2.32. The van der Waals surface area contributed by atoms with E-state index in [0.717, 1.165) is 5.56 Å². The SMILES string of the molecule is C=CCC[C@@](OCc1ccccc1)(c1nnc(-c2nc(OC(CC=C)Cc3cccc(C(C)(C)C)c3)c(C(F)(F)F)cc2N(C(=O)OC(C)(C)C)C(=O)OC(C)(C)C)o1)C(F)(F)F. The van der Waals surface area contributed by atoms with E-state index in [1.54, 1.807) is 24.3 Å². The van der Waals surface area contributed by atoms with E-state index in [0.29, 0.717) is 17.2 Å². The summed E-state index contributed by atoms with van der Waals surface area (Å²) in [4.78, 5) is 32.1. The Hall–Kier alpha value is -5.71. The maximum absolute atomic E-state index is 15.4. The number of carbonyl (C=O) groups excluding carboxylic acids is 2. The summed E-state index contributed by atoms with van der Waals surface area (Å²) < 4.78 is 120. The van der Waals surface area contributed by atoms with Crippen molar-refractivity contribution in [3.8, 4) is 17.5 Å². The molecule has 0 aliphatic heterocycles. The van der Waals surface area contributed by atoms with Gasteiger partial charge in [-0.1, -0.05) is 87.5 Å². The largest absolute Gasteiger partial charge is 0.473 e. The first-order valence-corrected chi connectivity index (χ1v) is 20.0. The van der Waals surface area contributed by atoms with Crippen LogP contribution in [0.1, 0.15) is 110 Å². The number of halogens is 6. The van der Waals surface area contributed by atoms with Gasteiger partial charge in [-0.15, -0.1) is 23.4 Å². The number of ether oxygens (including phenoxy) is 4. The van der Waals surface area contributed by atoms with Crippen molar-refractivity contribution in [3.05, 3.63) is 114 Å². The van der Waals surface area contributed by atoms with E-state index in [-0.39, 0.29) is 29.6 Å². The molecule has 2 heterocycles. The van der Waals surface area contributed by atoms with Gasteiger partial charge in [0.15, 0.2) is 5.69 Å². The molecule has 4 rings (SSSR count). The summed E-state index contributed by atoms with van der Waals surface area (Å²) in [5.74, 6) is -3.17. The lowest BCUT2D eigenvalue weighted by molar-refractivity contribution is -0.299. The van der Waals surface area contributed by atoms with Crippen molar-refractivity contribution < 1.29 is 59.3 Å². The van der Waals surface area contributed by atoms with E-state index in [1.807, 2.05) is 39.0 Å². The second-order valence-corrected chi connectivity index (χ2v) is 17.8. The summed E-state index contributed by atoms with van der Waals surface area (Å²) in [7, 11) is 0. The van der Waals surface area contributed by atoms with Crippen molar-refractivity contribution in [1.29, 1.82) is 0 Å². The Morgan fingerprint density at radius 3 is 1.92 bits per heavy atom. The Kier molecular flexibility index (Phi) is 15.3. The van der Waals surface area contributed by atoms with E-state index in [4.69, 9.17) is 23.4 Å². The minimum absolute atomic E-state index is 0.0125. The molecule has 0 aliphatic rings. The van der Waals surface area contributed by atoms with Gasteiger partial charge in [0.25, 0.3) is 11.8 Å². The third kappa shape index (κ3) is 13.2. The normalized spacial score (nSPS) is 14.0. The van der Waals surface area contributed by atoms with Gasteiger partial charge in [-0.25, -0.2) is 14.6 Å². The molecule has 17 heteroatoms. The number of pyridine rings is 1. The molecule has 0 saturated carbocycles. The summed E-state index contributed by atoms with van der Waals surface area (Å²) in [6.07, 6.45) is -12.9. The lowest BCUT2D eigenvalue weighted by atomic mass is 9.85. The molecule has 1 unspecified atom stereocenters. The number of aromatic nitrogens is 3. The smallest absolute Gasteiger partial charge is 0.426 e. The van der Waals surface area contributed by atoms with Crippen LogP contribution in [0.3, 0.4) is 0 Å². The second kappa shape index (κ2) is 19.4. The van der Waals surface area contributed by atoms with Gasteiger partial charge in [0.2, 0.25) is 11.5 Å². The number of amides is 2. The highest BCUT2D eigenvalue weighted by Gasteiger charge is 2.61. The van der Waals surface area contributed by atoms with Crippen molar-refractivity contribution >= 4 is 17.9 Å². The zero-order chi connectivity index (χ0) is 47.2. The molecule has 342 valence electrons. The molecule has 0 aliphatic carbocycles. The van der Waals surface area contributed by atoms with Crippen LogP contribution in [0.25, 0.3) is 11.6 Å². The standard InChI is InChI=1S/C46H54F6N4O7/c1-12-14-24-44(46(50,51)52,59-28-29-20-16-15-17-21-29)38-55-54-37(61-38)35-34(56(39(57)62-42(6,7)8)40(58)63-43(9,10)11)27-33(45(47,48)49)36(53-35)60-32(19-13-2)26-30-22-18-23-31(25-30)41(3,4)5/h12-13,15-18,20-23,25,27,32H,1-2,14,19,24,26,28H2,3-11H3/t32?,44-/m1/s1. The number of benzene rings is 2. The van der Waals surface area contributed by atoms with E-state index in [9.17, 15) is 9.59 Å². The molecule has 2 amide bonds. The summed E-state index contributed by atoms with van der Waals surface area (Å²) in [6, 6.07) is 15.7. The van der Waals surface area contributed by atoms with Crippen LogP contribution in [-0.4, -0.2) is 50.9 Å². The van der Waals surface area contributed by atoms with Crippen LogP contribution in [0, 0.1) is 0 Å². The maximum Gasteiger partial charge on any atom is 0.426 e. The summed E-state index contributed by atoms with van der Waals surface area (Å²) in [6.45, 7) is 21.3. The van der Waals surface area contributed by atoms with E-state index >= 15 is 26.3 Å². The number of imide groups is 1. The van der Waals surface area contributed by atoms with Crippen molar-refractivity contribution in [3.63, 3.8) is 0 Å². The molecule has 0 fully saturated rings. The number of hydrogen-bond donors (Lipinski definition) is 0. The van der Waals surface area contributed by atoms with Crippen molar-refractivity contribution in [2.24, 2.45) is 0 Å². The first-order chi connectivity index (χ1) is 29.1. The predicted octanol–water partition coefficient (Wildman–Crippen LogP) is 12.6. The summed E-state index contributed by atoms with van der Waals surface area (Å²) >= 11 is 0. The van der Waals surface area contributed by atoms with Gasteiger partial charge in [0.05, 0.1) is 12.3 Å². The zero-order valence-electron chi connectivity index (χ0n) is 36.9. The first-order valence-electron chi connectivity index (χ1n) is 20.0. The Balaban J connectivity index is 2.05. The molecule has 11 nitrogen and oxygen atoms in total. The fraction of sp³-hybridized carbons (Fsp3) is 0.457. The van der Waals surface area contributed by atoms with Crippen LogP contribution >= 0.6 is 0 Å². The summed E-state index contributed by atoms with van der Waals surface area (Å²) in [5.41, 5.74) is -7.60. The highest BCUT2D eigenvalue weighted by molar-refractivity contribution is 6.11. The molecule has 0 bridgehead atoms. The van der Waals surface area contributed by atoms with Crippen molar-refractivity contribution in [2.45, 2.75) is 135 Å². The first kappa shape index (κ1) is 49.9. The third-order valence-corrected chi connectivity index (χ3v) is 9.09. The number of anilines is 1. The quantitative estimate of drug-likeness (QED) is 0.0841. The average Bonchev–Trinajstić information content (AvgIpc) is 3.64. The molecule has 0 radical (unpaired) electrons. The molecule has 2 aromatic heterocycles. The number of rotatable bonds is 15. The minimum atomic E-state index is -5.27. The Morgan fingerprint density at radius 1 is 0.794 bits per heavy atom. The van der Waals surface area contributed by atoms with Gasteiger partial charge in [-0.05, 0) is 82.6 Å². The topological polar surface area (TPSA) is 126 Å². The highest BCUT2D eigenvalue weighted by atomic mass is 19.4. The molecule has 4 aromatic rings. The number of alkyl halides is 6. The van der Waals surface area contributed by atoms with Crippen LogP contribution in [-0.2, 0) is 44.4 Å². The zero-order valence-corrected chi connectivity index (χ0v) is 36.9. The van der Waals surface area contributed by atoms with Gasteiger partial charge >= 0.3 is 24.5 Å². The van der Waals surface area contributed by atoms with Crippen LogP contribution in [0.5, 0.6) is 5.88 Å². The van der Waals surface area contributed by atoms with E-state index in [2.05, 4.69) is 28.3 Å². The number of carbonyl (C=O) groups is 2. The molecular weight excluding hydrogens is 835 g/mol. The van der Waals surface area contributed by atoms with Gasteiger partial charge < -0.3 is 23.4 Å². The second-order valence-electron chi connectivity index (χ2n) is 17.8. The number of hydrogen-bond acceptors (Lipinski definition) is 10. The molecular formula is C46H54F6N4O7. The van der Waals surface area contributed by atoms with Crippen LogP contribution < -0.4 is 9.64 Å². The Bertz CT molecular complexity index is 2190. The molecule has 0 spiro atoms. The molecule has 2 aromatic carbocycles. The molecule has 0 saturated heterocycles. The fourth-order valence-corrected chi connectivity index (χ4v) is 6.09. The van der Waals surface area contributed by atoms with E-state index < -0.39 is 95.1 Å². The monoisotopic (exact) mass is 888 g/mol. The predicted molar refractivity (Wildman–Crippen MR) is 224 cm³/mol. The van der Waals surface area contributed by atoms with Gasteiger partial charge in [0, 0.05) is 12.8 Å². The van der Waals surface area contributed by atoms with Crippen LogP contribution in [0.15, 0.2) is 90.4 Å². The number of allylic oxidation sites excluding steroid dienone is 1. The lowest BCUT2D eigenvalue weighted by Crippen LogP contribution is -2.45. The average molecular weight is 889 g/mol. The van der Waals surface area contributed by atoms with Crippen molar-refractivity contribution in [1.82, 2.24) is 15.2 Å². The van der Waals surface area contributed by atoms with E-state index in [1.165, 1.54) is 65.8 Å². The Morgan fingerprint density at radius 2 is 1.40 bits per heavy atom. The third-order valence-electron chi connectivity index (χ3n) is 9.09. The molecule has 2 atom stereocenters. The van der Waals surface area contributed by atoms with Crippen LogP contribution in [0.4, 0.5) is 41.6 Å².